The molecule has 0 radical (unpaired) electrons. The van der Waals surface area contributed by atoms with E-state index < -0.39 is 0 Å². The van der Waals surface area contributed by atoms with E-state index in [2.05, 4.69) is 24.8 Å². The highest BCUT2D eigenvalue weighted by molar-refractivity contribution is 5.95. The van der Waals surface area contributed by atoms with Crippen LogP contribution in [0.25, 0.3) is 0 Å². The van der Waals surface area contributed by atoms with Crippen LogP contribution in [-0.2, 0) is 0 Å². The molecule has 124 valence electrons. The van der Waals surface area contributed by atoms with E-state index in [0.717, 1.165) is 12.1 Å². The molecule has 0 bridgehead atoms. The Morgan fingerprint density at radius 3 is 1.91 bits per heavy atom. The van der Waals surface area contributed by atoms with E-state index in [9.17, 15) is 0 Å². The fourth-order valence-electron chi connectivity index (χ4n) is 4.62. The number of nitrogens with two attached hydrogens (primary N) is 1. The van der Waals surface area contributed by atoms with Gasteiger partial charge in [0.2, 0.25) is 0 Å². The molecule has 22 heavy (non-hydrogen) atoms. The zero-order valence-corrected chi connectivity index (χ0v) is 14.5. The smallest absolute Gasteiger partial charge is 0.126 e. The number of nitrogens with zero attached hydrogens (tertiary/aromatic N) is 2. The van der Waals surface area contributed by atoms with Crippen LogP contribution in [0.3, 0.4) is 0 Å². The third kappa shape index (κ3) is 3.67. The van der Waals surface area contributed by atoms with Gasteiger partial charge in [-0.05, 0) is 45.6 Å². The zero-order valence-electron chi connectivity index (χ0n) is 14.5. The van der Waals surface area contributed by atoms with Crippen molar-refractivity contribution in [3.8, 4) is 0 Å². The lowest BCUT2D eigenvalue weighted by Gasteiger charge is -2.45. The summed E-state index contributed by atoms with van der Waals surface area (Å²) in [7, 11) is 0. The normalized spacial score (nSPS) is 27.2. The molecule has 3 rings (SSSR count). The predicted octanol–water partition coefficient (Wildman–Crippen LogP) is 4.38. The van der Waals surface area contributed by atoms with Crippen LogP contribution in [0.1, 0.15) is 84.5 Å². The van der Waals surface area contributed by atoms with E-state index >= 15 is 0 Å². The van der Waals surface area contributed by atoms with Crippen molar-refractivity contribution < 1.29 is 0 Å². The van der Waals surface area contributed by atoms with Gasteiger partial charge in [0.25, 0.3) is 0 Å². The summed E-state index contributed by atoms with van der Waals surface area (Å²) in [4.78, 5) is 7.80. The summed E-state index contributed by atoms with van der Waals surface area (Å²) in [5.41, 5.74) is 7.21. The number of hydrogen-bond acceptors (Lipinski definition) is 3. The third-order valence-electron chi connectivity index (χ3n) is 5.57. The van der Waals surface area contributed by atoms with Crippen LogP contribution in [0, 0.1) is 0 Å². The molecule has 3 heteroatoms. The first-order valence-corrected chi connectivity index (χ1v) is 9.39. The summed E-state index contributed by atoms with van der Waals surface area (Å²) in [6, 6.07) is 1.38. The first-order chi connectivity index (χ1) is 10.6. The summed E-state index contributed by atoms with van der Waals surface area (Å²) in [5.74, 6) is 1.19. The number of hydrogen-bond donors (Lipinski definition) is 1. The lowest BCUT2D eigenvalue weighted by molar-refractivity contribution is 0.156. The van der Waals surface area contributed by atoms with E-state index in [1.165, 1.54) is 70.0 Å². The largest absolute Gasteiger partial charge is 0.402 e. The molecule has 0 atom stereocenters. The summed E-state index contributed by atoms with van der Waals surface area (Å²) in [5, 5.41) is 0. The molecule has 0 aromatic carbocycles. The Kier molecular flexibility index (Phi) is 4.79. The number of rotatable bonds is 2. The summed E-state index contributed by atoms with van der Waals surface area (Å²) < 4.78 is 0. The van der Waals surface area contributed by atoms with Gasteiger partial charge < -0.3 is 10.6 Å². The highest BCUT2D eigenvalue weighted by atomic mass is 15.3. The zero-order chi connectivity index (χ0) is 15.6. The molecule has 0 unspecified atom stereocenters. The Labute approximate surface area is 136 Å². The highest BCUT2D eigenvalue weighted by Crippen LogP contribution is 2.33. The molecule has 2 fully saturated rings. The van der Waals surface area contributed by atoms with Crippen molar-refractivity contribution in [3.63, 3.8) is 0 Å². The molecular formula is C19H33N3. The highest BCUT2D eigenvalue weighted by Gasteiger charge is 2.33. The summed E-state index contributed by atoms with van der Waals surface area (Å²) in [6.07, 6.45) is 16.7. The van der Waals surface area contributed by atoms with Crippen molar-refractivity contribution in [1.29, 1.82) is 0 Å². The van der Waals surface area contributed by atoms with Gasteiger partial charge in [-0.25, -0.2) is 0 Å². The maximum absolute atomic E-state index is 6.25. The monoisotopic (exact) mass is 303 g/mol. The Morgan fingerprint density at radius 1 is 0.955 bits per heavy atom. The van der Waals surface area contributed by atoms with Crippen molar-refractivity contribution in [2.75, 3.05) is 0 Å². The maximum atomic E-state index is 6.25. The molecular weight excluding hydrogens is 270 g/mol. The second-order valence-corrected chi connectivity index (χ2v) is 8.17. The summed E-state index contributed by atoms with van der Waals surface area (Å²) in [6.45, 7) is 4.43. The van der Waals surface area contributed by atoms with E-state index in [0.29, 0.717) is 12.1 Å². The SMILES string of the molecule is CC1(C)CC(N)=CC(N(C2CCCCC2)C2CCCCC2)=N1. The molecule has 2 aliphatic carbocycles. The molecule has 1 heterocycles. The average Bonchev–Trinajstić information content (AvgIpc) is 2.48. The van der Waals surface area contributed by atoms with Crippen LogP contribution in [0.2, 0.25) is 0 Å². The van der Waals surface area contributed by atoms with Crippen LogP contribution < -0.4 is 5.73 Å². The minimum Gasteiger partial charge on any atom is -0.402 e. The van der Waals surface area contributed by atoms with E-state index in [4.69, 9.17) is 10.7 Å². The molecule has 0 saturated heterocycles. The average molecular weight is 303 g/mol. The topological polar surface area (TPSA) is 41.6 Å². The number of aliphatic imine (C=N–C) groups is 1. The molecule has 3 nitrogen and oxygen atoms in total. The Balaban J connectivity index is 1.88. The maximum Gasteiger partial charge on any atom is 0.126 e. The first kappa shape index (κ1) is 15.9. The molecule has 0 amide bonds. The van der Waals surface area contributed by atoms with Gasteiger partial charge in [0.1, 0.15) is 5.84 Å². The van der Waals surface area contributed by atoms with Crippen molar-refractivity contribution in [2.24, 2.45) is 10.7 Å². The van der Waals surface area contributed by atoms with Gasteiger partial charge in [-0.1, -0.05) is 38.5 Å². The minimum absolute atomic E-state index is 0.0459. The van der Waals surface area contributed by atoms with Gasteiger partial charge in [0.15, 0.2) is 0 Å². The van der Waals surface area contributed by atoms with E-state index in [1.807, 2.05) is 0 Å². The quantitative estimate of drug-likeness (QED) is 0.822. The minimum atomic E-state index is -0.0459. The van der Waals surface area contributed by atoms with Crippen molar-refractivity contribution in [3.05, 3.63) is 11.8 Å². The predicted molar refractivity (Wildman–Crippen MR) is 94.0 cm³/mol. The molecule has 0 aromatic rings. The lowest BCUT2D eigenvalue weighted by atomic mass is 9.87. The second-order valence-electron chi connectivity index (χ2n) is 8.17. The van der Waals surface area contributed by atoms with Crippen LogP contribution in [0.4, 0.5) is 0 Å². The Morgan fingerprint density at radius 2 is 1.45 bits per heavy atom. The summed E-state index contributed by atoms with van der Waals surface area (Å²) >= 11 is 0. The molecule has 3 aliphatic rings. The van der Waals surface area contributed by atoms with Gasteiger partial charge in [-0.3, -0.25) is 4.99 Å². The second kappa shape index (κ2) is 6.64. The molecule has 2 saturated carbocycles. The van der Waals surface area contributed by atoms with Gasteiger partial charge >= 0.3 is 0 Å². The Bertz CT molecular complexity index is 420. The Hall–Kier alpha value is -0.990. The van der Waals surface area contributed by atoms with Crippen molar-refractivity contribution in [1.82, 2.24) is 4.90 Å². The van der Waals surface area contributed by atoms with Crippen LogP contribution >= 0.6 is 0 Å². The van der Waals surface area contributed by atoms with Crippen LogP contribution in [-0.4, -0.2) is 28.4 Å². The van der Waals surface area contributed by atoms with Crippen molar-refractivity contribution >= 4 is 5.84 Å². The van der Waals surface area contributed by atoms with Crippen molar-refractivity contribution in [2.45, 2.75) is 102 Å². The number of amidine groups is 1. The number of dihydropyridines is 1. The fraction of sp³-hybridized carbons (Fsp3) is 0.842. The first-order valence-electron chi connectivity index (χ1n) is 9.39. The molecule has 1 aliphatic heterocycles. The van der Waals surface area contributed by atoms with Gasteiger partial charge in [-0.15, -0.1) is 0 Å². The van der Waals surface area contributed by atoms with E-state index in [-0.39, 0.29) is 5.54 Å². The standard InChI is InChI=1S/C19H33N3/c1-19(2)14-15(20)13-18(21-19)22(16-9-5-3-6-10-16)17-11-7-4-8-12-17/h13,16-17H,3-12,14,20H2,1-2H3. The van der Waals surface area contributed by atoms with E-state index in [1.54, 1.807) is 0 Å². The third-order valence-corrected chi connectivity index (χ3v) is 5.57. The molecule has 0 spiro atoms. The van der Waals surface area contributed by atoms with Gasteiger partial charge in [-0.2, -0.15) is 0 Å². The fourth-order valence-corrected chi connectivity index (χ4v) is 4.62. The van der Waals surface area contributed by atoms with Crippen LogP contribution in [0.5, 0.6) is 0 Å². The lowest BCUT2D eigenvalue weighted by Crippen LogP contribution is -2.50. The van der Waals surface area contributed by atoms with Gasteiger partial charge in [0.05, 0.1) is 5.54 Å². The molecule has 0 aromatic heterocycles. The van der Waals surface area contributed by atoms with Crippen LogP contribution in [0.15, 0.2) is 16.8 Å². The molecule has 2 N–H and O–H groups in total. The van der Waals surface area contributed by atoms with Gasteiger partial charge in [0, 0.05) is 24.2 Å².